The third kappa shape index (κ3) is 3.38. The van der Waals surface area contributed by atoms with Gasteiger partial charge in [0.2, 0.25) is 5.91 Å². The summed E-state index contributed by atoms with van der Waals surface area (Å²) in [5.74, 6) is -0.180. The largest absolute Gasteiger partial charge is 0.508 e. The summed E-state index contributed by atoms with van der Waals surface area (Å²) in [5, 5.41) is 12.2. The highest BCUT2D eigenvalue weighted by Crippen LogP contribution is 2.17. The maximum Gasteiger partial charge on any atom is 0.253 e. The Kier molecular flexibility index (Phi) is 4.40. The molecule has 1 aliphatic rings. The highest BCUT2D eigenvalue weighted by molar-refractivity contribution is 5.94. The first-order chi connectivity index (χ1) is 9.60. The Morgan fingerprint density at radius 2 is 2.05 bits per heavy atom. The Labute approximate surface area is 117 Å². The molecule has 0 saturated carbocycles. The van der Waals surface area contributed by atoms with Crippen molar-refractivity contribution in [2.24, 2.45) is 0 Å². The Balaban J connectivity index is 1.92. The van der Waals surface area contributed by atoms with E-state index in [0.717, 1.165) is 12.8 Å². The first kappa shape index (κ1) is 14.1. The number of phenols is 1. The molecule has 2 amide bonds. The van der Waals surface area contributed by atoms with Gasteiger partial charge in [-0.25, -0.2) is 0 Å². The van der Waals surface area contributed by atoms with Gasteiger partial charge in [0.25, 0.3) is 5.91 Å². The van der Waals surface area contributed by atoms with Crippen LogP contribution in [0.25, 0.3) is 0 Å². The number of aromatic hydroxyl groups is 1. The van der Waals surface area contributed by atoms with Crippen LogP contribution < -0.4 is 5.32 Å². The maximum atomic E-state index is 12.2. The van der Waals surface area contributed by atoms with Gasteiger partial charge in [-0.1, -0.05) is 12.6 Å². The summed E-state index contributed by atoms with van der Waals surface area (Å²) in [6.45, 7) is 4.60. The van der Waals surface area contributed by atoms with Gasteiger partial charge >= 0.3 is 0 Å². The summed E-state index contributed by atoms with van der Waals surface area (Å²) in [5.41, 5.74) is 0.485. The van der Waals surface area contributed by atoms with Crippen LogP contribution in [0.2, 0.25) is 0 Å². The number of benzene rings is 1. The van der Waals surface area contributed by atoms with E-state index in [2.05, 4.69) is 11.9 Å². The van der Waals surface area contributed by atoms with Gasteiger partial charge < -0.3 is 15.3 Å². The van der Waals surface area contributed by atoms with Crippen molar-refractivity contribution in [2.75, 3.05) is 13.1 Å². The fraction of sp³-hybridized carbons (Fsp3) is 0.333. The molecule has 2 N–H and O–H groups in total. The Bertz CT molecular complexity index is 520. The SMILES string of the molecule is C=CC(=O)NC1CCN(C(=O)c2cccc(O)c2)CC1. The average molecular weight is 274 g/mol. The summed E-state index contributed by atoms with van der Waals surface area (Å²) >= 11 is 0. The lowest BCUT2D eigenvalue weighted by molar-refractivity contribution is -0.117. The second-order valence-electron chi connectivity index (χ2n) is 4.83. The van der Waals surface area contributed by atoms with E-state index in [1.165, 1.54) is 18.2 Å². The Hall–Kier alpha value is -2.30. The molecule has 1 aromatic rings. The number of phenolic OH excluding ortho intramolecular Hbond substituents is 1. The topological polar surface area (TPSA) is 69.6 Å². The molecule has 0 aliphatic carbocycles. The third-order valence-electron chi connectivity index (χ3n) is 3.41. The zero-order valence-corrected chi connectivity index (χ0v) is 11.2. The summed E-state index contributed by atoms with van der Waals surface area (Å²) in [4.78, 5) is 25.2. The van der Waals surface area contributed by atoms with E-state index < -0.39 is 0 Å². The molecule has 20 heavy (non-hydrogen) atoms. The number of piperidine rings is 1. The van der Waals surface area contributed by atoms with E-state index in [0.29, 0.717) is 18.7 Å². The minimum atomic E-state index is -0.178. The molecule has 5 nitrogen and oxygen atoms in total. The van der Waals surface area contributed by atoms with E-state index >= 15 is 0 Å². The van der Waals surface area contributed by atoms with Crippen LogP contribution >= 0.6 is 0 Å². The zero-order valence-electron chi connectivity index (χ0n) is 11.2. The van der Waals surface area contributed by atoms with Gasteiger partial charge in [-0.05, 0) is 37.1 Å². The first-order valence-corrected chi connectivity index (χ1v) is 6.61. The van der Waals surface area contributed by atoms with Gasteiger partial charge in [0.1, 0.15) is 5.75 Å². The molecule has 1 fully saturated rings. The molecular weight excluding hydrogens is 256 g/mol. The van der Waals surface area contributed by atoms with Gasteiger partial charge in [-0.3, -0.25) is 9.59 Å². The smallest absolute Gasteiger partial charge is 0.253 e. The van der Waals surface area contributed by atoms with Crippen molar-refractivity contribution in [1.82, 2.24) is 10.2 Å². The van der Waals surface area contributed by atoms with Crippen LogP contribution in [0.3, 0.4) is 0 Å². The fourth-order valence-electron chi connectivity index (χ4n) is 2.31. The van der Waals surface area contributed by atoms with Crippen LogP contribution in [-0.4, -0.2) is 41.0 Å². The number of hydrogen-bond donors (Lipinski definition) is 2. The molecule has 1 heterocycles. The maximum absolute atomic E-state index is 12.2. The lowest BCUT2D eigenvalue weighted by atomic mass is 10.0. The molecule has 5 heteroatoms. The molecular formula is C15H18N2O3. The summed E-state index contributed by atoms with van der Waals surface area (Å²) < 4.78 is 0. The number of nitrogens with zero attached hydrogens (tertiary/aromatic N) is 1. The molecule has 1 aromatic carbocycles. The quantitative estimate of drug-likeness (QED) is 0.816. The monoisotopic (exact) mass is 274 g/mol. The van der Waals surface area contributed by atoms with Crippen molar-refractivity contribution in [3.05, 3.63) is 42.5 Å². The number of nitrogens with one attached hydrogen (secondary N) is 1. The van der Waals surface area contributed by atoms with Crippen molar-refractivity contribution < 1.29 is 14.7 Å². The third-order valence-corrected chi connectivity index (χ3v) is 3.41. The molecule has 106 valence electrons. The van der Waals surface area contributed by atoms with E-state index in [4.69, 9.17) is 0 Å². The number of amides is 2. The molecule has 0 spiro atoms. The number of hydrogen-bond acceptors (Lipinski definition) is 3. The minimum absolute atomic E-state index is 0.0870. The van der Waals surface area contributed by atoms with Crippen molar-refractivity contribution in [3.63, 3.8) is 0 Å². The number of carbonyl (C=O) groups excluding carboxylic acids is 2. The molecule has 0 radical (unpaired) electrons. The molecule has 1 aliphatic heterocycles. The molecule has 1 saturated heterocycles. The fourth-order valence-corrected chi connectivity index (χ4v) is 2.31. The number of likely N-dealkylation sites (tertiary alicyclic amines) is 1. The number of rotatable bonds is 3. The van der Waals surface area contributed by atoms with E-state index in [1.54, 1.807) is 17.0 Å². The van der Waals surface area contributed by atoms with E-state index in [1.807, 2.05) is 0 Å². The Morgan fingerprint density at radius 3 is 2.65 bits per heavy atom. The zero-order chi connectivity index (χ0) is 14.5. The number of carbonyl (C=O) groups is 2. The second-order valence-corrected chi connectivity index (χ2v) is 4.83. The summed E-state index contributed by atoms with van der Waals surface area (Å²) in [7, 11) is 0. The van der Waals surface area contributed by atoms with Crippen LogP contribution in [0.5, 0.6) is 5.75 Å². The summed E-state index contributed by atoms with van der Waals surface area (Å²) in [6.07, 6.45) is 2.71. The molecule has 0 aromatic heterocycles. The molecule has 0 unspecified atom stereocenters. The van der Waals surface area contributed by atoms with Crippen LogP contribution in [0.15, 0.2) is 36.9 Å². The van der Waals surface area contributed by atoms with Crippen LogP contribution in [-0.2, 0) is 4.79 Å². The molecule has 0 atom stereocenters. The van der Waals surface area contributed by atoms with Crippen molar-refractivity contribution in [3.8, 4) is 5.75 Å². The van der Waals surface area contributed by atoms with Gasteiger partial charge in [0.05, 0.1) is 0 Å². The Morgan fingerprint density at radius 1 is 1.35 bits per heavy atom. The van der Waals surface area contributed by atoms with Gasteiger partial charge in [-0.2, -0.15) is 0 Å². The molecule has 2 rings (SSSR count). The highest BCUT2D eigenvalue weighted by Gasteiger charge is 2.24. The highest BCUT2D eigenvalue weighted by atomic mass is 16.3. The lowest BCUT2D eigenvalue weighted by Gasteiger charge is -2.32. The van der Waals surface area contributed by atoms with Crippen LogP contribution in [0.4, 0.5) is 0 Å². The predicted molar refractivity (Wildman–Crippen MR) is 75.4 cm³/mol. The molecule has 0 bridgehead atoms. The van der Waals surface area contributed by atoms with Crippen LogP contribution in [0, 0.1) is 0 Å². The van der Waals surface area contributed by atoms with Crippen LogP contribution in [0.1, 0.15) is 23.2 Å². The van der Waals surface area contributed by atoms with Crippen molar-refractivity contribution >= 4 is 11.8 Å². The second kappa shape index (κ2) is 6.23. The van der Waals surface area contributed by atoms with E-state index in [9.17, 15) is 14.7 Å². The van der Waals surface area contributed by atoms with Gasteiger partial charge in [0.15, 0.2) is 0 Å². The van der Waals surface area contributed by atoms with Crippen molar-refractivity contribution in [2.45, 2.75) is 18.9 Å². The first-order valence-electron chi connectivity index (χ1n) is 6.61. The predicted octanol–water partition coefficient (Wildman–Crippen LogP) is 1.30. The summed E-state index contributed by atoms with van der Waals surface area (Å²) in [6, 6.07) is 6.43. The van der Waals surface area contributed by atoms with Gasteiger partial charge in [-0.15, -0.1) is 0 Å². The normalized spacial score (nSPS) is 15.7. The van der Waals surface area contributed by atoms with E-state index in [-0.39, 0.29) is 23.6 Å². The standard InChI is InChI=1S/C15H18N2O3/c1-2-14(19)16-12-6-8-17(9-7-12)15(20)11-4-3-5-13(18)10-11/h2-5,10,12,18H,1,6-9H2,(H,16,19). The van der Waals surface area contributed by atoms with Crippen molar-refractivity contribution in [1.29, 1.82) is 0 Å². The van der Waals surface area contributed by atoms with Gasteiger partial charge in [0, 0.05) is 24.7 Å². The lowest BCUT2D eigenvalue weighted by Crippen LogP contribution is -2.46. The minimum Gasteiger partial charge on any atom is -0.508 e. The average Bonchev–Trinajstić information content (AvgIpc) is 2.47.